The molecule has 3 amide bonds. The van der Waals surface area contributed by atoms with E-state index in [9.17, 15) is 22.8 Å². The summed E-state index contributed by atoms with van der Waals surface area (Å²) in [6, 6.07) is 17.8. The monoisotopic (exact) mass is 455 g/mol. The predicted molar refractivity (Wildman–Crippen MR) is 120 cm³/mol. The van der Waals surface area contributed by atoms with Gasteiger partial charge in [-0.25, -0.2) is 4.79 Å². The highest BCUT2D eigenvalue weighted by Gasteiger charge is 2.31. The summed E-state index contributed by atoms with van der Waals surface area (Å²) in [5.41, 5.74) is 0.0732. The van der Waals surface area contributed by atoms with Crippen LogP contribution in [0.25, 0.3) is 10.8 Å². The zero-order valence-electron chi connectivity index (χ0n) is 17.9. The molecule has 172 valence electrons. The highest BCUT2D eigenvalue weighted by molar-refractivity contribution is 6.04. The van der Waals surface area contributed by atoms with Gasteiger partial charge in [0.2, 0.25) is 0 Å². The van der Waals surface area contributed by atoms with Crippen molar-refractivity contribution in [3.63, 3.8) is 0 Å². The average Bonchev–Trinajstić information content (AvgIpc) is 2.80. The van der Waals surface area contributed by atoms with Crippen LogP contribution < -0.4 is 10.6 Å². The molecule has 0 spiro atoms. The number of fused-ring (bicyclic) bond motifs is 1. The number of piperidine rings is 1. The highest BCUT2D eigenvalue weighted by Crippen LogP contribution is 2.29. The van der Waals surface area contributed by atoms with E-state index >= 15 is 0 Å². The van der Waals surface area contributed by atoms with Gasteiger partial charge in [-0.1, -0.05) is 42.5 Å². The van der Waals surface area contributed by atoms with Gasteiger partial charge in [-0.3, -0.25) is 15.0 Å². The largest absolute Gasteiger partial charge is 0.416 e. The first-order chi connectivity index (χ1) is 15.8. The molecule has 1 fully saturated rings. The predicted octanol–water partition coefficient (Wildman–Crippen LogP) is 4.96. The molecule has 0 aromatic heterocycles. The van der Waals surface area contributed by atoms with Crippen molar-refractivity contribution in [2.45, 2.75) is 31.6 Å². The molecule has 0 bridgehead atoms. The van der Waals surface area contributed by atoms with E-state index in [0.717, 1.165) is 50.7 Å². The molecule has 0 saturated carbocycles. The molecule has 4 rings (SSSR count). The lowest BCUT2D eigenvalue weighted by Gasteiger charge is -2.32. The van der Waals surface area contributed by atoms with E-state index in [4.69, 9.17) is 0 Å². The number of likely N-dealkylation sites (tertiary alicyclic amines) is 1. The van der Waals surface area contributed by atoms with Crippen LogP contribution in [0.2, 0.25) is 0 Å². The Kier molecular flexibility index (Phi) is 6.65. The molecule has 1 aliphatic heterocycles. The summed E-state index contributed by atoms with van der Waals surface area (Å²) in [5, 5.41) is 7.28. The Balaban J connectivity index is 1.25. The molecular weight excluding hydrogens is 431 g/mol. The summed E-state index contributed by atoms with van der Waals surface area (Å²) in [6.45, 7) is 2.40. The van der Waals surface area contributed by atoms with E-state index in [2.05, 4.69) is 45.9 Å². The van der Waals surface area contributed by atoms with Crippen molar-refractivity contribution in [2.24, 2.45) is 0 Å². The summed E-state index contributed by atoms with van der Waals surface area (Å²) >= 11 is 0. The van der Waals surface area contributed by atoms with E-state index in [-0.39, 0.29) is 11.6 Å². The van der Waals surface area contributed by atoms with Crippen molar-refractivity contribution in [2.75, 3.05) is 13.1 Å². The molecule has 1 heterocycles. The fourth-order valence-electron chi connectivity index (χ4n) is 4.06. The van der Waals surface area contributed by atoms with E-state index in [0.29, 0.717) is 0 Å². The lowest BCUT2D eigenvalue weighted by atomic mass is 10.0. The van der Waals surface area contributed by atoms with Crippen LogP contribution in [0.3, 0.4) is 0 Å². The fraction of sp³-hybridized carbons (Fsp3) is 0.280. The van der Waals surface area contributed by atoms with Crippen LogP contribution in [0.4, 0.5) is 18.0 Å². The van der Waals surface area contributed by atoms with Crippen molar-refractivity contribution < 1.29 is 22.8 Å². The van der Waals surface area contributed by atoms with Gasteiger partial charge >= 0.3 is 12.2 Å². The lowest BCUT2D eigenvalue weighted by Crippen LogP contribution is -2.49. The Bertz CT molecular complexity index is 1150. The van der Waals surface area contributed by atoms with Crippen LogP contribution >= 0.6 is 0 Å². The van der Waals surface area contributed by atoms with Gasteiger partial charge < -0.3 is 5.32 Å². The van der Waals surface area contributed by atoms with Gasteiger partial charge in [0.05, 0.1) is 5.56 Å². The molecule has 8 heteroatoms. The van der Waals surface area contributed by atoms with Crippen molar-refractivity contribution in [1.82, 2.24) is 15.5 Å². The number of nitrogens with zero attached hydrogens (tertiary/aromatic N) is 1. The van der Waals surface area contributed by atoms with Crippen molar-refractivity contribution >= 4 is 22.7 Å². The summed E-state index contributed by atoms with van der Waals surface area (Å²) in [7, 11) is 0. The summed E-state index contributed by atoms with van der Waals surface area (Å²) in [4.78, 5) is 26.7. The lowest BCUT2D eigenvalue weighted by molar-refractivity contribution is -0.137. The fourth-order valence-corrected chi connectivity index (χ4v) is 4.06. The Labute approximate surface area is 189 Å². The van der Waals surface area contributed by atoms with Gasteiger partial charge in [0, 0.05) is 31.2 Å². The Morgan fingerprint density at radius 3 is 2.36 bits per heavy atom. The SMILES string of the molecule is O=C(NC(=O)c1cccc(C(F)(F)F)c1)NC1CCN(Cc2ccc3ccccc3c2)CC1. The molecule has 1 saturated heterocycles. The smallest absolute Gasteiger partial charge is 0.335 e. The Morgan fingerprint density at radius 2 is 1.64 bits per heavy atom. The van der Waals surface area contributed by atoms with E-state index in [1.165, 1.54) is 22.4 Å². The summed E-state index contributed by atoms with van der Waals surface area (Å²) in [6.07, 6.45) is -3.11. The maximum atomic E-state index is 12.8. The standard InChI is InChI=1S/C25H24F3N3O2/c26-25(27,28)21-7-3-6-20(15-21)23(32)30-24(33)29-22-10-12-31(13-11-22)16-17-8-9-18-4-1-2-5-19(18)14-17/h1-9,14-15,22H,10-13,16H2,(H2,29,30,32,33). The third kappa shape index (κ3) is 5.90. The van der Waals surface area contributed by atoms with Crippen LogP contribution in [0.15, 0.2) is 66.7 Å². The van der Waals surface area contributed by atoms with Gasteiger partial charge in [-0.2, -0.15) is 13.2 Å². The molecule has 2 N–H and O–H groups in total. The van der Waals surface area contributed by atoms with Crippen molar-refractivity contribution in [3.05, 3.63) is 83.4 Å². The van der Waals surface area contributed by atoms with Gasteiger partial charge in [0.15, 0.2) is 0 Å². The molecule has 3 aromatic carbocycles. The molecule has 5 nitrogen and oxygen atoms in total. The summed E-state index contributed by atoms with van der Waals surface area (Å²) in [5.74, 6) is -0.868. The van der Waals surface area contributed by atoms with E-state index in [1.54, 1.807) is 0 Å². The molecule has 0 radical (unpaired) electrons. The number of rotatable bonds is 4. The molecule has 0 atom stereocenters. The first-order valence-corrected chi connectivity index (χ1v) is 10.8. The molecule has 0 unspecified atom stereocenters. The zero-order chi connectivity index (χ0) is 23.4. The Hall–Kier alpha value is -3.39. The molecule has 3 aromatic rings. The van der Waals surface area contributed by atoms with E-state index in [1.807, 2.05) is 12.1 Å². The molecule has 1 aliphatic rings. The third-order valence-electron chi connectivity index (χ3n) is 5.82. The van der Waals surface area contributed by atoms with Gasteiger partial charge in [0.1, 0.15) is 0 Å². The number of amides is 3. The quantitative estimate of drug-likeness (QED) is 0.585. The van der Waals surface area contributed by atoms with Gasteiger partial charge in [-0.15, -0.1) is 0 Å². The topological polar surface area (TPSA) is 61.4 Å². The van der Waals surface area contributed by atoms with Crippen LogP contribution in [0.1, 0.15) is 34.3 Å². The van der Waals surface area contributed by atoms with Crippen LogP contribution in [-0.2, 0) is 12.7 Å². The molecule has 0 aliphatic carbocycles. The number of alkyl halides is 3. The number of halogens is 3. The number of carbonyl (C=O) groups excluding carboxylic acids is 2. The maximum absolute atomic E-state index is 12.8. The highest BCUT2D eigenvalue weighted by atomic mass is 19.4. The van der Waals surface area contributed by atoms with Crippen LogP contribution in [-0.4, -0.2) is 36.0 Å². The third-order valence-corrected chi connectivity index (χ3v) is 5.82. The first-order valence-electron chi connectivity index (χ1n) is 10.8. The number of urea groups is 1. The Morgan fingerprint density at radius 1 is 0.909 bits per heavy atom. The number of carbonyl (C=O) groups is 2. The normalized spacial score (nSPS) is 15.4. The summed E-state index contributed by atoms with van der Waals surface area (Å²) < 4.78 is 38.5. The molecular formula is C25H24F3N3O2. The number of hydrogen-bond donors (Lipinski definition) is 2. The minimum Gasteiger partial charge on any atom is -0.335 e. The van der Waals surface area contributed by atoms with Gasteiger partial charge in [-0.05, 0) is 53.4 Å². The number of nitrogens with one attached hydrogen (secondary N) is 2. The second-order valence-corrected chi connectivity index (χ2v) is 8.24. The van der Waals surface area contributed by atoms with E-state index < -0.39 is 23.7 Å². The maximum Gasteiger partial charge on any atom is 0.416 e. The first kappa shape index (κ1) is 22.8. The van der Waals surface area contributed by atoms with Crippen LogP contribution in [0.5, 0.6) is 0 Å². The minimum atomic E-state index is -4.56. The number of imide groups is 1. The van der Waals surface area contributed by atoms with Crippen LogP contribution in [0, 0.1) is 0 Å². The second kappa shape index (κ2) is 9.62. The van der Waals surface area contributed by atoms with Gasteiger partial charge in [0.25, 0.3) is 5.91 Å². The molecule has 33 heavy (non-hydrogen) atoms. The van der Waals surface area contributed by atoms with Crippen molar-refractivity contribution in [3.8, 4) is 0 Å². The number of benzene rings is 3. The zero-order valence-corrected chi connectivity index (χ0v) is 17.9. The number of hydrogen-bond acceptors (Lipinski definition) is 3. The minimum absolute atomic E-state index is 0.104. The second-order valence-electron chi connectivity index (χ2n) is 8.24. The van der Waals surface area contributed by atoms with Crippen molar-refractivity contribution in [1.29, 1.82) is 0 Å². The average molecular weight is 455 g/mol.